The summed E-state index contributed by atoms with van der Waals surface area (Å²) in [5, 5.41) is 13.4. The summed E-state index contributed by atoms with van der Waals surface area (Å²) >= 11 is 0. The van der Waals surface area contributed by atoms with Crippen molar-refractivity contribution in [1.82, 2.24) is 4.98 Å². The van der Waals surface area contributed by atoms with Gasteiger partial charge in [-0.1, -0.05) is 17.7 Å². The number of nitrogens with zero attached hydrogens (tertiary/aromatic N) is 1. The average molecular weight is 308 g/mol. The van der Waals surface area contributed by atoms with Crippen LogP contribution in [0.2, 0.25) is 0 Å². The van der Waals surface area contributed by atoms with E-state index in [1.807, 2.05) is 25.1 Å². The first-order chi connectivity index (χ1) is 11.1. The van der Waals surface area contributed by atoms with Gasteiger partial charge >= 0.3 is 0 Å². The third-order valence-electron chi connectivity index (χ3n) is 3.55. The SMILES string of the molecule is COc1cc2ccc(NC(=O)c3ccc(C)cc3)nc2cc1O. The van der Waals surface area contributed by atoms with Crippen molar-refractivity contribution in [2.45, 2.75) is 6.92 Å². The monoisotopic (exact) mass is 308 g/mol. The summed E-state index contributed by atoms with van der Waals surface area (Å²) in [5.74, 6) is 0.590. The lowest BCUT2D eigenvalue weighted by Gasteiger charge is -2.08. The topological polar surface area (TPSA) is 71.5 Å². The van der Waals surface area contributed by atoms with Gasteiger partial charge in [-0.25, -0.2) is 4.98 Å². The standard InChI is InChI=1S/C18H16N2O3/c1-11-3-5-12(6-4-11)18(22)20-17-8-7-13-9-16(23-2)15(21)10-14(13)19-17/h3-10,21H,1-2H3,(H,19,20,22). The number of aryl methyl sites for hydroxylation is 1. The van der Waals surface area contributed by atoms with Crippen LogP contribution in [0.5, 0.6) is 11.5 Å². The Bertz CT molecular complexity index is 873. The molecule has 0 atom stereocenters. The highest BCUT2D eigenvalue weighted by Gasteiger charge is 2.09. The number of phenolic OH excluding ortho intramolecular Hbond substituents is 1. The minimum Gasteiger partial charge on any atom is -0.504 e. The van der Waals surface area contributed by atoms with E-state index in [4.69, 9.17) is 4.74 Å². The third kappa shape index (κ3) is 3.08. The number of anilines is 1. The van der Waals surface area contributed by atoms with Gasteiger partial charge in [0.25, 0.3) is 5.91 Å². The smallest absolute Gasteiger partial charge is 0.256 e. The summed E-state index contributed by atoms with van der Waals surface area (Å²) in [6.07, 6.45) is 0. The molecular formula is C18H16N2O3. The molecule has 1 amide bonds. The van der Waals surface area contributed by atoms with E-state index in [1.54, 1.807) is 24.3 Å². The van der Waals surface area contributed by atoms with Crippen LogP contribution in [-0.4, -0.2) is 23.1 Å². The van der Waals surface area contributed by atoms with E-state index < -0.39 is 0 Å². The molecular weight excluding hydrogens is 292 g/mol. The van der Waals surface area contributed by atoms with E-state index in [-0.39, 0.29) is 11.7 Å². The zero-order chi connectivity index (χ0) is 16.4. The van der Waals surface area contributed by atoms with Crippen LogP contribution in [0.1, 0.15) is 15.9 Å². The molecule has 0 fully saturated rings. The van der Waals surface area contributed by atoms with Crippen LogP contribution in [0.4, 0.5) is 5.82 Å². The summed E-state index contributed by atoms with van der Waals surface area (Å²) in [5.41, 5.74) is 2.23. The number of hydrogen-bond acceptors (Lipinski definition) is 4. The predicted molar refractivity (Wildman–Crippen MR) is 89.1 cm³/mol. The molecule has 0 aliphatic carbocycles. The van der Waals surface area contributed by atoms with Gasteiger partial charge < -0.3 is 15.2 Å². The van der Waals surface area contributed by atoms with Crippen LogP contribution in [-0.2, 0) is 0 Å². The van der Waals surface area contributed by atoms with Crippen molar-refractivity contribution in [2.24, 2.45) is 0 Å². The molecule has 23 heavy (non-hydrogen) atoms. The minimum absolute atomic E-state index is 0.00881. The second kappa shape index (κ2) is 5.96. The first kappa shape index (κ1) is 14.8. The molecule has 0 radical (unpaired) electrons. The summed E-state index contributed by atoms with van der Waals surface area (Å²) in [7, 11) is 1.49. The minimum atomic E-state index is -0.227. The maximum atomic E-state index is 12.2. The third-order valence-corrected chi connectivity index (χ3v) is 3.55. The van der Waals surface area contributed by atoms with Crippen LogP contribution in [0.15, 0.2) is 48.5 Å². The molecule has 3 aromatic rings. The zero-order valence-corrected chi connectivity index (χ0v) is 12.8. The van der Waals surface area contributed by atoms with E-state index in [2.05, 4.69) is 10.3 Å². The number of aromatic nitrogens is 1. The lowest BCUT2D eigenvalue weighted by molar-refractivity contribution is 0.102. The molecule has 0 spiro atoms. The van der Waals surface area contributed by atoms with Crippen molar-refractivity contribution < 1.29 is 14.6 Å². The lowest BCUT2D eigenvalue weighted by atomic mass is 10.1. The van der Waals surface area contributed by atoms with Crippen molar-refractivity contribution in [3.8, 4) is 11.5 Å². The van der Waals surface area contributed by atoms with Crippen LogP contribution < -0.4 is 10.1 Å². The molecule has 116 valence electrons. The van der Waals surface area contributed by atoms with Gasteiger partial charge in [-0.3, -0.25) is 4.79 Å². The largest absolute Gasteiger partial charge is 0.504 e. The molecule has 2 N–H and O–H groups in total. The molecule has 5 nitrogen and oxygen atoms in total. The number of carbonyl (C=O) groups excluding carboxylic acids is 1. The van der Waals surface area contributed by atoms with Crippen molar-refractivity contribution in [2.75, 3.05) is 12.4 Å². The number of fused-ring (bicyclic) bond motifs is 1. The van der Waals surface area contributed by atoms with Gasteiger partial charge in [0.2, 0.25) is 0 Å². The normalized spacial score (nSPS) is 10.5. The number of benzene rings is 2. The van der Waals surface area contributed by atoms with E-state index in [0.717, 1.165) is 10.9 Å². The highest BCUT2D eigenvalue weighted by atomic mass is 16.5. The Hall–Kier alpha value is -3.08. The van der Waals surface area contributed by atoms with Crippen molar-refractivity contribution in [3.63, 3.8) is 0 Å². The van der Waals surface area contributed by atoms with Crippen LogP contribution >= 0.6 is 0 Å². The molecule has 2 aromatic carbocycles. The molecule has 0 saturated carbocycles. The molecule has 1 aromatic heterocycles. The van der Waals surface area contributed by atoms with Gasteiger partial charge in [-0.05, 0) is 37.3 Å². The quantitative estimate of drug-likeness (QED) is 0.776. The lowest BCUT2D eigenvalue weighted by Crippen LogP contribution is -2.12. The van der Waals surface area contributed by atoms with Gasteiger partial charge in [0.15, 0.2) is 11.5 Å². The predicted octanol–water partition coefficient (Wildman–Crippen LogP) is 3.51. The van der Waals surface area contributed by atoms with E-state index in [9.17, 15) is 9.90 Å². The molecule has 5 heteroatoms. The summed E-state index contributed by atoms with van der Waals surface area (Å²) in [6.45, 7) is 1.97. The summed E-state index contributed by atoms with van der Waals surface area (Å²) in [6, 6.07) is 14.0. The zero-order valence-electron chi connectivity index (χ0n) is 12.8. The summed E-state index contributed by atoms with van der Waals surface area (Å²) in [4.78, 5) is 16.6. The molecule has 0 bridgehead atoms. The maximum Gasteiger partial charge on any atom is 0.256 e. The fourth-order valence-electron chi connectivity index (χ4n) is 2.27. The Balaban J connectivity index is 1.88. The van der Waals surface area contributed by atoms with Crippen LogP contribution in [0.3, 0.4) is 0 Å². The number of pyridine rings is 1. The van der Waals surface area contributed by atoms with Crippen LogP contribution in [0, 0.1) is 6.92 Å². The van der Waals surface area contributed by atoms with Gasteiger partial charge in [0.05, 0.1) is 12.6 Å². The Morgan fingerprint density at radius 2 is 1.87 bits per heavy atom. The van der Waals surface area contributed by atoms with Gasteiger partial charge in [0.1, 0.15) is 5.82 Å². The highest BCUT2D eigenvalue weighted by molar-refractivity contribution is 6.04. The Morgan fingerprint density at radius 3 is 2.57 bits per heavy atom. The molecule has 0 aliphatic rings. The number of phenols is 1. The number of nitrogens with one attached hydrogen (secondary N) is 1. The second-order valence-electron chi connectivity index (χ2n) is 5.23. The number of rotatable bonds is 3. The average Bonchev–Trinajstić information content (AvgIpc) is 2.54. The highest BCUT2D eigenvalue weighted by Crippen LogP contribution is 2.30. The van der Waals surface area contributed by atoms with Gasteiger partial charge in [0, 0.05) is 17.0 Å². The fourth-order valence-corrected chi connectivity index (χ4v) is 2.27. The van der Waals surface area contributed by atoms with Gasteiger partial charge in [-0.15, -0.1) is 0 Å². The molecule has 0 unspecified atom stereocenters. The Morgan fingerprint density at radius 1 is 1.13 bits per heavy atom. The Kier molecular flexibility index (Phi) is 3.85. The number of carbonyl (C=O) groups is 1. The van der Waals surface area contributed by atoms with E-state index in [1.165, 1.54) is 13.2 Å². The van der Waals surface area contributed by atoms with E-state index >= 15 is 0 Å². The molecule has 1 heterocycles. The number of aromatic hydroxyl groups is 1. The van der Waals surface area contributed by atoms with E-state index in [0.29, 0.717) is 22.6 Å². The first-order valence-corrected chi connectivity index (χ1v) is 7.12. The molecule has 3 rings (SSSR count). The van der Waals surface area contributed by atoms with Crippen LogP contribution in [0.25, 0.3) is 10.9 Å². The van der Waals surface area contributed by atoms with Crippen molar-refractivity contribution in [3.05, 3.63) is 59.7 Å². The Labute approximate surface area is 133 Å². The summed E-state index contributed by atoms with van der Waals surface area (Å²) < 4.78 is 5.07. The number of hydrogen-bond donors (Lipinski definition) is 2. The molecule has 0 saturated heterocycles. The van der Waals surface area contributed by atoms with Crippen molar-refractivity contribution in [1.29, 1.82) is 0 Å². The number of ether oxygens (including phenoxy) is 1. The second-order valence-corrected chi connectivity index (χ2v) is 5.23. The fraction of sp³-hybridized carbons (Fsp3) is 0.111. The molecule has 0 aliphatic heterocycles. The number of methoxy groups -OCH3 is 1. The maximum absolute atomic E-state index is 12.2. The van der Waals surface area contributed by atoms with Crippen molar-refractivity contribution >= 4 is 22.6 Å². The van der Waals surface area contributed by atoms with Gasteiger partial charge in [-0.2, -0.15) is 0 Å². The number of amides is 1. The first-order valence-electron chi connectivity index (χ1n) is 7.12.